The van der Waals surface area contributed by atoms with Crippen LogP contribution in [0.4, 0.5) is 17.1 Å². The van der Waals surface area contributed by atoms with Gasteiger partial charge in [-0.25, -0.2) is 4.79 Å². The van der Waals surface area contributed by atoms with Gasteiger partial charge < -0.3 is 19.9 Å². The van der Waals surface area contributed by atoms with Crippen LogP contribution in [0.3, 0.4) is 0 Å². The number of nitrogens with zero attached hydrogens (tertiary/aromatic N) is 2. The molecule has 1 amide bonds. The van der Waals surface area contributed by atoms with Gasteiger partial charge in [-0.1, -0.05) is 24.3 Å². The molecular weight excluding hydrogens is 398 g/mol. The lowest BCUT2D eigenvalue weighted by Gasteiger charge is -2.15. The number of phenolic OH excluding ortho intramolecular Hbond substituents is 1. The number of benzene rings is 3. The molecule has 0 saturated carbocycles. The largest absolute Gasteiger partial charge is 0.508 e. The second kappa shape index (κ2) is 10.0. The Morgan fingerprint density at radius 1 is 0.935 bits per heavy atom. The number of hydrogen-bond acceptors (Lipinski definition) is 7. The molecule has 3 rings (SSSR count). The molecule has 0 bridgehead atoms. The number of nitrogens with one attached hydrogen (secondary N) is 1. The zero-order valence-electron chi connectivity index (χ0n) is 17.0. The fourth-order valence-electron chi connectivity index (χ4n) is 2.62. The minimum absolute atomic E-state index is 0.114. The van der Waals surface area contributed by atoms with Gasteiger partial charge in [-0.15, -0.1) is 5.11 Å². The first-order valence-corrected chi connectivity index (χ1v) is 9.42. The molecule has 8 heteroatoms. The number of carbonyl (C=O) groups excluding carboxylic acids is 2. The van der Waals surface area contributed by atoms with Crippen molar-refractivity contribution in [1.82, 2.24) is 0 Å². The molecule has 0 saturated heterocycles. The summed E-state index contributed by atoms with van der Waals surface area (Å²) in [5.41, 5.74) is 1.44. The van der Waals surface area contributed by atoms with Crippen molar-refractivity contribution in [2.75, 3.05) is 12.4 Å². The first-order chi connectivity index (χ1) is 15.0. The maximum absolute atomic E-state index is 12.7. The van der Waals surface area contributed by atoms with E-state index in [9.17, 15) is 14.7 Å². The summed E-state index contributed by atoms with van der Waals surface area (Å²) < 4.78 is 10.5. The Balaban J connectivity index is 1.70. The molecule has 0 heterocycles. The van der Waals surface area contributed by atoms with Gasteiger partial charge in [0.2, 0.25) is 0 Å². The highest BCUT2D eigenvalue weighted by molar-refractivity contribution is 5.99. The second-order valence-corrected chi connectivity index (χ2v) is 6.47. The molecule has 0 aliphatic heterocycles. The molecule has 0 spiro atoms. The van der Waals surface area contributed by atoms with E-state index in [0.29, 0.717) is 17.1 Å². The Hall–Kier alpha value is -4.20. The fourth-order valence-corrected chi connectivity index (χ4v) is 2.62. The summed E-state index contributed by atoms with van der Waals surface area (Å²) in [6.45, 7) is 1.48. The highest BCUT2D eigenvalue weighted by Gasteiger charge is 2.21. The molecule has 0 aromatic heterocycles. The Labute approximate surface area is 179 Å². The van der Waals surface area contributed by atoms with Gasteiger partial charge in [-0.2, -0.15) is 5.11 Å². The molecule has 0 radical (unpaired) electrons. The number of anilines is 1. The van der Waals surface area contributed by atoms with Gasteiger partial charge >= 0.3 is 5.97 Å². The topological polar surface area (TPSA) is 110 Å². The van der Waals surface area contributed by atoms with Gasteiger partial charge in [0.25, 0.3) is 5.91 Å². The van der Waals surface area contributed by atoms with Gasteiger partial charge in [0.1, 0.15) is 17.2 Å². The van der Waals surface area contributed by atoms with Crippen LogP contribution in [-0.2, 0) is 9.53 Å². The zero-order valence-corrected chi connectivity index (χ0v) is 17.0. The molecule has 0 unspecified atom stereocenters. The molecule has 3 aromatic rings. The van der Waals surface area contributed by atoms with E-state index in [1.54, 1.807) is 60.7 Å². The molecule has 31 heavy (non-hydrogen) atoms. The molecule has 2 N–H and O–H groups in total. The Kier molecular flexibility index (Phi) is 6.95. The maximum Gasteiger partial charge on any atom is 0.341 e. The summed E-state index contributed by atoms with van der Waals surface area (Å²) in [5.74, 6) is -0.596. The molecule has 0 fully saturated rings. The summed E-state index contributed by atoms with van der Waals surface area (Å²) >= 11 is 0. The van der Waals surface area contributed by atoms with Gasteiger partial charge in [0, 0.05) is 0 Å². The molecular formula is C23H21N3O5. The number of hydrogen-bond donors (Lipinski definition) is 2. The molecule has 1 atom stereocenters. The molecule has 0 aliphatic rings. The van der Waals surface area contributed by atoms with E-state index in [-0.39, 0.29) is 17.0 Å². The summed E-state index contributed by atoms with van der Waals surface area (Å²) in [5, 5.41) is 20.2. The van der Waals surface area contributed by atoms with Crippen LogP contribution in [0, 0.1) is 0 Å². The van der Waals surface area contributed by atoms with E-state index in [0.717, 1.165) is 0 Å². The van der Waals surface area contributed by atoms with Crippen LogP contribution in [0.5, 0.6) is 11.5 Å². The quantitative estimate of drug-likeness (QED) is 0.414. The van der Waals surface area contributed by atoms with E-state index in [1.807, 2.05) is 0 Å². The predicted octanol–water partition coefficient (Wildman–Crippen LogP) is 5.00. The summed E-state index contributed by atoms with van der Waals surface area (Å²) in [4.78, 5) is 25.1. The van der Waals surface area contributed by atoms with Gasteiger partial charge in [0.05, 0.1) is 24.0 Å². The average Bonchev–Trinajstić information content (AvgIpc) is 2.79. The third-order valence-electron chi connectivity index (χ3n) is 4.26. The number of para-hydroxylation sites is 2. The zero-order chi connectivity index (χ0) is 22.2. The van der Waals surface area contributed by atoms with Crippen LogP contribution in [0.15, 0.2) is 83.0 Å². The SMILES string of the molecule is COc1ccccc1NC(=O)[C@H](C)OC(=O)c1ccccc1N=Nc1ccc(O)cc1. The van der Waals surface area contributed by atoms with Crippen molar-refractivity contribution >= 4 is 28.9 Å². The normalized spacial score (nSPS) is 11.7. The number of phenols is 1. The number of esters is 1. The number of amides is 1. The minimum Gasteiger partial charge on any atom is -0.508 e. The van der Waals surface area contributed by atoms with Crippen LogP contribution in [0.1, 0.15) is 17.3 Å². The third-order valence-corrected chi connectivity index (χ3v) is 4.26. The first kappa shape index (κ1) is 21.5. The molecule has 3 aromatic carbocycles. The molecule has 158 valence electrons. The second-order valence-electron chi connectivity index (χ2n) is 6.47. The number of aromatic hydroxyl groups is 1. The van der Waals surface area contributed by atoms with Crippen molar-refractivity contribution in [2.45, 2.75) is 13.0 Å². The van der Waals surface area contributed by atoms with E-state index >= 15 is 0 Å². The summed E-state index contributed by atoms with van der Waals surface area (Å²) in [7, 11) is 1.50. The Morgan fingerprint density at radius 3 is 2.35 bits per heavy atom. The Morgan fingerprint density at radius 2 is 1.61 bits per heavy atom. The molecule has 8 nitrogen and oxygen atoms in total. The van der Waals surface area contributed by atoms with E-state index in [4.69, 9.17) is 9.47 Å². The highest BCUT2D eigenvalue weighted by atomic mass is 16.5. The van der Waals surface area contributed by atoms with Crippen molar-refractivity contribution in [1.29, 1.82) is 0 Å². The molecule has 0 aliphatic carbocycles. The fraction of sp³-hybridized carbons (Fsp3) is 0.130. The van der Waals surface area contributed by atoms with Crippen molar-refractivity contribution in [3.05, 3.63) is 78.4 Å². The smallest absolute Gasteiger partial charge is 0.341 e. The number of ether oxygens (including phenoxy) is 2. The first-order valence-electron chi connectivity index (χ1n) is 9.42. The minimum atomic E-state index is -1.06. The van der Waals surface area contributed by atoms with Gasteiger partial charge in [-0.3, -0.25) is 4.79 Å². The monoisotopic (exact) mass is 419 g/mol. The highest BCUT2D eigenvalue weighted by Crippen LogP contribution is 2.25. The third kappa shape index (κ3) is 5.66. The van der Waals surface area contributed by atoms with Crippen molar-refractivity contribution in [3.8, 4) is 11.5 Å². The predicted molar refractivity (Wildman–Crippen MR) is 115 cm³/mol. The van der Waals surface area contributed by atoms with Crippen LogP contribution < -0.4 is 10.1 Å². The van der Waals surface area contributed by atoms with Crippen molar-refractivity contribution in [2.24, 2.45) is 10.2 Å². The van der Waals surface area contributed by atoms with Crippen molar-refractivity contribution < 1.29 is 24.2 Å². The van der Waals surface area contributed by atoms with E-state index in [2.05, 4.69) is 15.5 Å². The van der Waals surface area contributed by atoms with E-state index < -0.39 is 18.0 Å². The summed E-state index contributed by atoms with van der Waals surface area (Å²) in [6.07, 6.45) is -1.06. The van der Waals surface area contributed by atoms with Gasteiger partial charge in [-0.05, 0) is 55.5 Å². The van der Waals surface area contributed by atoms with Crippen LogP contribution in [0.25, 0.3) is 0 Å². The lowest BCUT2D eigenvalue weighted by Crippen LogP contribution is -2.30. The van der Waals surface area contributed by atoms with E-state index in [1.165, 1.54) is 26.2 Å². The average molecular weight is 419 g/mol. The number of azo groups is 1. The summed E-state index contributed by atoms with van der Waals surface area (Å²) in [6, 6.07) is 19.6. The van der Waals surface area contributed by atoms with Crippen LogP contribution >= 0.6 is 0 Å². The van der Waals surface area contributed by atoms with Crippen LogP contribution in [0.2, 0.25) is 0 Å². The van der Waals surface area contributed by atoms with Gasteiger partial charge in [0.15, 0.2) is 6.10 Å². The lowest BCUT2D eigenvalue weighted by molar-refractivity contribution is -0.123. The number of methoxy groups -OCH3 is 1. The van der Waals surface area contributed by atoms with Crippen molar-refractivity contribution in [3.63, 3.8) is 0 Å². The maximum atomic E-state index is 12.7. The number of rotatable bonds is 7. The van der Waals surface area contributed by atoms with Crippen LogP contribution in [-0.4, -0.2) is 30.2 Å². The lowest BCUT2D eigenvalue weighted by atomic mass is 10.2. The Bertz CT molecular complexity index is 1100. The standard InChI is InChI=1S/C23H21N3O5/c1-15(22(28)24-20-9-5-6-10-21(20)30-2)31-23(29)18-7-3-4-8-19(18)26-25-16-11-13-17(27)14-12-16/h3-15,27H,1-2H3,(H,24,28)/t15-/m0/s1. The number of carbonyl (C=O) groups is 2.